The fourth-order valence-electron chi connectivity index (χ4n) is 3.08. The summed E-state index contributed by atoms with van der Waals surface area (Å²) in [5.41, 5.74) is 1.98. The Bertz CT molecular complexity index is 1080. The molecule has 0 aliphatic carbocycles. The molecule has 0 fully saturated rings. The molecule has 1 amide bonds. The van der Waals surface area contributed by atoms with E-state index in [4.69, 9.17) is 27.9 Å². The van der Waals surface area contributed by atoms with Crippen LogP contribution in [0.4, 0.5) is 5.95 Å². The molecule has 2 aromatic carbocycles. The summed E-state index contributed by atoms with van der Waals surface area (Å²) >= 11 is 12.8. The summed E-state index contributed by atoms with van der Waals surface area (Å²) in [5, 5.41) is 16.6. The van der Waals surface area contributed by atoms with E-state index in [1.165, 1.54) is 6.33 Å². The van der Waals surface area contributed by atoms with Gasteiger partial charge in [0.1, 0.15) is 12.9 Å². The van der Waals surface area contributed by atoms with Crippen molar-refractivity contribution in [3.05, 3.63) is 69.5 Å². The number of carbonyl (C=O) groups is 1. The summed E-state index contributed by atoms with van der Waals surface area (Å²) in [6, 6.07) is 12.3. The third-order valence-corrected chi connectivity index (χ3v) is 4.97. The quantitative estimate of drug-likeness (QED) is 0.698. The molecule has 0 saturated heterocycles. The SMILES string of the molecule is N#Cc1ccccc1COc1c(Cl)cc([C@H]2CC(=O)Nc3ncnn32)cc1Cl. The minimum Gasteiger partial charge on any atom is -0.486 e. The molecule has 1 aliphatic heterocycles. The Hall–Kier alpha value is -3.08. The number of amides is 1. The molecule has 0 bridgehead atoms. The van der Waals surface area contributed by atoms with Crippen LogP contribution in [0.5, 0.6) is 5.75 Å². The maximum Gasteiger partial charge on any atom is 0.229 e. The number of benzene rings is 2. The molecule has 3 aromatic rings. The Balaban J connectivity index is 1.61. The zero-order valence-electron chi connectivity index (χ0n) is 14.4. The number of aromatic nitrogens is 3. The number of nitriles is 1. The summed E-state index contributed by atoms with van der Waals surface area (Å²) in [6.45, 7) is 0.154. The predicted molar refractivity (Wildman–Crippen MR) is 103 cm³/mol. The van der Waals surface area contributed by atoms with E-state index in [1.807, 2.05) is 12.1 Å². The highest BCUT2D eigenvalue weighted by molar-refractivity contribution is 6.37. The molecular formula is C19H13Cl2N5O2. The van der Waals surface area contributed by atoms with Crippen LogP contribution in [0.15, 0.2) is 42.7 Å². The van der Waals surface area contributed by atoms with Crippen LogP contribution in [0.1, 0.15) is 29.2 Å². The molecule has 0 unspecified atom stereocenters. The first-order chi connectivity index (χ1) is 13.6. The van der Waals surface area contributed by atoms with Gasteiger partial charge in [-0.05, 0) is 23.8 Å². The third-order valence-electron chi connectivity index (χ3n) is 4.41. The van der Waals surface area contributed by atoms with E-state index in [1.54, 1.807) is 28.9 Å². The van der Waals surface area contributed by atoms with Gasteiger partial charge in [-0.3, -0.25) is 10.1 Å². The van der Waals surface area contributed by atoms with E-state index >= 15 is 0 Å². The number of nitrogens with zero attached hydrogens (tertiary/aromatic N) is 4. The van der Waals surface area contributed by atoms with Crippen LogP contribution >= 0.6 is 23.2 Å². The monoisotopic (exact) mass is 413 g/mol. The normalized spacial score (nSPS) is 15.5. The molecule has 28 heavy (non-hydrogen) atoms. The van der Waals surface area contributed by atoms with Gasteiger partial charge in [0.05, 0.1) is 34.1 Å². The van der Waals surface area contributed by atoms with Crippen LogP contribution in [0.3, 0.4) is 0 Å². The van der Waals surface area contributed by atoms with Crippen LogP contribution < -0.4 is 10.1 Å². The number of carbonyl (C=O) groups excluding carboxylic acids is 1. The number of ether oxygens (including phenoxy) is 1. The topological polar surface area (TPSA) is 92.8 Å². The second-order valence-corrected chi connectivity index (χ2v) is 6.98. The molecule has 0 radical (unpaired) electrons. The number of rotatable bonds is 4. The fourth-order valence-corrected chi connectivity index (χ4v) is 3.69. The van der Waals surface area contributed by atoms with Crippen LogP contribution in [-0.2, 0) is 11.4 Å². The van der Waals surface area contributed by atoms with E-state index in [-0.39, 0.29) is 25.0 Å². The van der Waals surface area contributed by atoms with Gasteiger partial charge in [0.15, 0.2) is 5.75 Å². The van der Waals surface area contributed by atoms with Gasteiger partial charge in [-0.1, -0.05) is 41.4 Å². The van der Waals surface area contributed by atoms with Crippen molar-refractivity contribution in [1.29, 1.82) is 5.26 Å². The molecule has 0 spiro atoms. The smallest absolute Gasteiger partial charge is 0.229 e. The van der Waals surface area contributed by atoms with Crippen molar-refractivity contribution in [2.75, 3.05) is 5.32 Å². The standard InChI is InChI=1S/C19H13Cl2N5O2/c20-14-5-13(16-7-17(27)25-19-23-10-24-26(16)19)6-15(21)18(14)28-9-12-4-2-1-3-11(12)8-22/h1-6,10,16H,7,9H2,(H,23,24,25,27)/t16-/m1/s1. The molecule has 1 atom stereocenters. The molecule has 1 N–H and O–H groups in total. The molecule has 9 heteroatoms. The van der Waals surface area contributed by atoms with Crippen molar-refractivity contribution in [2.45, 2.75) is 19.1 Å². The summed E-state index contributed by atoms with van der Waals surface area (Å²) < 4.78 is 7.40. The minimum absolute atomic E-state index is 0.154. The molecule has 0 saturated carbocycles. The van der Waals surface area contributed by atoms with Crippen molar-refractivity contribution in [2.24, 2.45) is 0 Å². The van der Waals surface area contributed by atoms with Crippen molar-refractivity contribution < 1.29 is 9.53 Å². The highest BCUT2D eigenvalue weighted by atomic mass is 35.5. The lowest BCUT2D eigenvalue weighted by molar-refractivity contribution is -0.117. The van der Waals surface area contributed by atoms with Crippen molar-refractivity contribution >= 4 is 35.1 Å². The van der Waals surface area contributed by atoms with E-state index in [9.17, 15) is 10.1 Å². The Morgan fingerprint density at radius 3 is 2.79 bits per heavy atom. The molecule has 1 aromatic heterocycles. The average Bonchev–Trinajstić information content (AvgIpc) is 3.15. The lowest BCUT2D eigenvalue weighted by Crippen LogP contribution is -2.29. The molecule has 7 nitrogen and oxygen atoms in total. The number of fused-ring (bicyclic) bond motifs is 1. The summed E-state index contributed by atoms with van der Waals surface area (Å²) in [6.07, 6.45) is 1.57. The van der Waals surface area contributed by atoms with Gasteiger partial charge in [-0.2, -0.15) is 15.3 Å². The second kappa shape index (κ2) is 7.50. The largest absolute Gasteiger partial charge is 0.486 e. The Morgan fingerprint density at radius 2 is 2.04 bits per heavy atom. The summed E-state index contributed by atoms with van der Waals surface area (Å²) in [4.78, 5) is 16.0. The van der Waals surface area contributed by atoms with Gasteiger partial charge >= 0.3 is 0 Å². The van der Waals surface area contributed by atoms with Gasteiger partial charge in [0, 0.05) is 5.56 Å². The number of hydrogen-bond acceptors (Lipinski definition) is 5. The highest BCUT2D eigenvalue weighted by Gasteiger charge is 2.28. The second-order valence-electron chi connectivity index (χ2n) is 6.17. The van der Waals surface area contributed by atoms with Crippen LogP contribution in [0.2, 0.25) is 10.0 Å². The molecular weight excluding hydrogens is 401 g/mol. The van der Waals surface area contributed by atoms with Gasteiger partial charge in [0.2, 0.25) is 11.9 Å². The fraction of sp³-hybridized carbons (Fsp3) is 0.158. The van der Waals surface area contributed by atoms with E-state index in [2.05, 4.69) is 21.5 Å². The van der Waals surface area contributed by atoms with Crippen LogP contribution in [0, 0.1) is 11.3 Å². The van der Waals surface area contributed by atoms with E-state index < -0.39 is 0 Å². The van der Waals surface area contributed by atoms with Crippen molar-refractivity contribution in [3.63, 3.8) is 0 Å². The average molecular weight is 414 g/mol. The van der Waals surface area contributed by atoms with Crippen molar-refractivity contribution in [1.82, 2.24) is 14.8 Å². The summed E-state index contributed by atoms with van der Waals surface area (Å²) in [5.74, 6) is 0.534. The number of hydrogen-bond donors (Lipinski definition) is 1. The first-order valence-corrected chi connectivity index (χ1v) is 9.11. The van der Waals surface area contributed by atoms with Gasteiger partial charge in [-0.25, -0.2) is 4.68 Å². The first-order valence-electron chi connectivity index (χ1n) is 8.36. The van der Waals surface area contributed by atoms with E-state index in [0.717, 1.165) is 11.1 Å². The van der Waals surface area contributed by atoms with Gasteiger partial charge < -0.3 is 4.74 Å². The van der Waals surface area contributed by atoms with Gasteiger partial charge in [0.25, 0.3) is 0 Å². The van der Waals surface area contributed by atoms with Crippen LogP contribution in [-0.4, -0.2) is 20.7 Å². The Kier molecular flexibility index (Phi) is 4.90. The Labute approximate surface area is 170 Å². The number of halogens is 2. The zero-order chi connectivity index (χ0) is 19.7. The maximum atomic E-state index is 12.0. The van der Waals surface area contributed by atoms with Gasteiger partial charge in [-0.15, -0.1) is 0 Å². The maximum absolute atomic E-state index is 12.0. The number of nitrogens with one attached hydrogen (secondary N) is 1. The lowest BCUT2D eigenvalue weighted by atomic mass is 10.0. The van der Waals surface area contributed by atoms with Crippen molar-refractivity contribution in [3.8, 4) is 11.8 Å². The first kappa shape index (κ1) is 18.3. The molecule has 140 valence electrons. The highest BCUT2D eigenvalue weighted by Crippen LogP contribution is 2.39. The van der Waals surface area contributed by atoms with Crippen LogP contribution in [0.25, 0.3) is 0 Å². The molecule has 2 heterocycles. The predicted octanol–water partition coefficient (Wildman–Crippen LogP) is 3.97. The molecule has 4 rings (SSSR count). The minimum atomic E-state index is -0.366. The van der Waals surface area contributed by atoms with E-state index in [0.29, 0.717) is 27.3 Å². The third kappa shape index (κ3) is 3.40. The molecule has 1 aliphatic rings. The summed E-state index contributed by atoms with van der Waals surface area (Å²) in [7, 11) is 0. The lowest BCUT2D eigenvalue weighted by Gasteiger charge is -2.24. The zero-order valence-corrected chi connectivity index (χ0v) is 15.9. The number of anilines is 1. The Morgan fingerprint density at radius 1 is 1.29 bits per heavy atom.